The highest BCUT2D eigenvalue weighted by Crippen LogP contribution is 2.28. The molecule has 0 fully saturated rings. The number of thioether (sulfide) groups is 1. The normalized spacial score (nSPS) is 11.8. The predicted octanol–water partition coefficient (Wildman–Crippen LogP) is 5.18. The first-order chi connectivity index (χ1) is 13.1. The molecular formula is C19H19N3O2S3. The molecule has 0 spiro atoms. The fraction of sp³-hybridized carbons (Fsp3) is 0.211. The van der Waals surface area contributed by atoms with Crippen LogP contribution >= 0.6 is 35.3 Å². The van der Waals surface area contributed by atoms with Crippen molar-refractivity contribution in [2.45, 2.75) is 23.4 Å². The molecule has 3 rings (SSSR count). The van der Waals surface area contributed by atoms with Gasteiger partial charge in [0.05, 0.1) is 17.5 Å². The van der Waals surface area contributed by atoms with Gasteiger partial charge in [0, 0.05) is 5.69 Å². The lowest BCUT2D eigenvalue weighted by Gasteiger charge is -2.11. The van der Waals surface area contributed by atoms with Gasteiger partial charge in [0.25, 0.3) is 0 Å². The smallest absolute Gasteiger partial charge is 0.237 e. The van der Waals surface area contributed by atoms with Gasteiger partial charge in [0.2, 0.25) is 5.91 Å². The summed E-state index contributed by atoms with van der Waals surface area (Å²) in [4.78, 5) is 12.5. The third-order valence-electron chi connectivity index (χ3n) is 3.61. The number of para-hydroxylation sites is 1. The molecule has 2 aromatic carbocycles. The molecule has 0 aliphatic carbocycles. The second kappa shape index (κ2) is 9.16. The number of carbonyl (C=O) groups excluding carboxylic acids is 1. The van der Waals surface area contributed by atoms with Crippen molar-refractivity contribution >= 4 is 46.9 Å². The van der Waals surface area contributed by atoms with E-state index in [4.69, 9.17) is 17.0 Å². The average Bonchev–Trinajstić information content (AvgIpc) is 3.04. The van der Waals surface area contributed by atoms with Gasteiger partial charge in [-0.25, -0.2) is 4.68 Å². The van der Waals surface area contributed by atoms with Crippen molar-refractivity contribution in [1.82, 2.24) is 9.78 Å². The fourth-order valence-corrected chi connectivity index (χ4v) is 4.80. The van der Waals surface area contributed by atoms with E-state index in [9.17, 15) is 4.79 Å². The Kier molecular flexibility index (Phi) is 6.65. The number of anilines is 1. The first-order valence-corrected chi connectivity index (χ1v) is 10.5. The van der Waals surface area contributed by atoms with E-state index in [0.29, 0.717) is 10.6 Å². The number of amides is 1. The summed E-state index contributed by atoms with van der Waals surface area (Å²) in [6.45, 7) is 4.40. The Labute approximate surface area is 171 Å². The van der Waals surface area contributed by atoms with Crippen LogP contribution in [0.15, 0.2) is 58.9 Å². The maximum Gasteiger partial charge on any atom is 0.237 e. The molecule has 8 heteroatoms. The second-order valence-corrected chi connectivity index (χ2v) is 8.80. The van der Waals surface area contributed by atoms with E-state index in [1.807, 2.05) is 68.4 Å². The molecule has 140 valence electrons. The van der Waals surface area contributed by atoms with Crippen LogP contribution < -0.4 is 10.1 Å². The summed E-state index contributed by atoms with van der Waals surface area (Å²) in [6.07, 6.45) is 0. The Morgan fingerprint density at radius 2 is 1.96 bits per heavy atom. The van der Waals surface area contributed by atoms with Crippen molar-refractivity contribution in [3.05, 3.63) is 58.6 Å². The van der Waals surface area contributed by atoms with E-state index in [2.05, 4.69) is 10.4 Å². The Hall–Kier alpha value is -2.16. The van der Waals surface area contributed by atoms with Gasteiger partial charge in [-0.3, -0.25) is 4.79 Å². The molecule has 27 heavy (non-hydrogen) atoms. The zero-order chi connectivity index (χ0) is 19.2. The molecule has 0 saturated heterocycles. The molecule has 1 atom stereocenters. The monoisotopic (exact) mass is 417 g/mol. The van der Waals surface area contributed by atoms with Crippen molar-refractivity contribution in [3.8, 4) is 11.4 Å². The maximum absolute atomic E-state index is 12.5. The number of hydrogen-bond acceptors (Lipinski definition) is 6. The number of aromatic nitrogens is 2. The van der Waals surface area contributed by atoms with E-state index < -0.39 is 0 Å². The van der Waals surface area contributed by atoms with Gasteiger partial charge in [0.1, 0.15) is 5.75 Å². The molecule has 3 aromatic rings. The van der Waals surface area contributed by atoms with Crippen molar-refractivity contribution in [2.24, 2.45) is 0 Å². The highest BCUT2D eigenvalue weighted by atomic mass is 32.2. The van der Waals surface area contributed by atoms with Gasteiger partial charge in [-0.1, -0.05) is 41.3 Å². The van der Waals surface area contributed by atoms with Crippen LogP contribution in [-0.2, 0) is 4.79 Å². The highest BCUT2D eigenvalue weighted by molar-refractivity contribution is 8.02. The molecule has 0 unspecified atom stereocenters. The summed E-state index contributed by atoms with van der Waals surface area (Å²) in [5, 5.41) is 7.15. The summed E-state index contributed by atoms with van der Waals surface area (Å²) >= 11 is 8.20. The molecule has 0 radical (unpaired) electrons. The summed E-state index contributed by atoms with van der Waals surface area (Å²) in [5.41, 5.74) is 1.65. The third-order valence-corrected chi connectivity index (χ3v) is 6.03. The van der Waals surface area contributed by atoms with Gasteiger partial charge in [-0.2, -0.15) is 0 Å². The molecule has 0 aliphatic rings. The van der Waals surface area contributed by atoms with Crippen molar-refractivity contribution in [3.63, 3.8) is 0 Å². The molecule has 1 N–H and O–H groups in total. The Bertz CT molecular complexity index is 952. The molecular weight excluding hydrogens is 398 g/mol. The van der Waals surface area contributed by atoms with Crippen LogP contribution in [0.2, 0.25) is 0 Å². The van der Waals surface area contributed by atoms with Crippen LogP contribution in [0.5, 0.6) is 5.75 Å². The van der Waals surface area contributed by atoms with Crippen LogP contribution in [0.3, 0.4) is 0 Å². The largest absolute Gasteiger partial charge is 0.494 e. The molecule has 0 saturated carbocycles. The third kappa shape index (κ3) is 5.18. The SMILES string of the molecule is CCOc1ccc(NC(=O)[C@@H](C)Sc2nn(-c3ccccc3)c(=S)s2)cc1. The summed E-state index contributed by atoms with van der Waals surface area (Å²) in [6, 6.07) is 17.1. The van der Waals surface area contributed by atoms with Crippen LogP contribution in [0.1, 0.15) is 13.8 Å². The van der Waals surface area contributed by atoms with E-state index in [1.165, 1.54) is 23.1 Å². The molecule has 1 heterocycles. The Morgan fingerprint density at radius 1 is 1.26 bits per heavy atom. The number of nitrogens with zero attached hydrogens (tertiary/aromatic N) is 2. The maximum atomic E-state index is 12.5. The van der Waals surface area contributed by atoms with Crippen LogP contribution in [0.4, 0.5) is 5.69 Å². The molecule has 0 bridgehead atoms. The Balaban J connectivity index is 1.64. The lowest BCUT2D eigenvalue weighted by Crippen LogP contribution is -2.22. The summed E-state index contributed by atoms with van der Waals surface area (Å²) in [7, 11) is 0. The van der Waals surface area contributed by atoms with Gasteiger partial charge < -0.3 is 10.1 Å². The van der Waals surface area contributed by atoms with E-state index in [1.54, 1.807) is 4.68 Å². The standard InChI is InChI=1S/C19H19N3O2S3/c1-3-24-16-11-9-14(10-12-16)20-17(23)13(2)26-18-21-22(19(25)27-18)15-7-5-4-6-8-15/h4-13H,3H2,1-2H3,(H,20,23)/t13-/m1/s1. The second-order valence-electron chi connectivity index (χ2n) is 5.59. The van der Waals surface area contributed by atoms with Gasteiger partial charge >= 0.3 is 0 Å². The number of ether oxygens (including phenoxy) is 1. The van der Waals surface area contributed by atoms with Crippen LogP contribution in [0, 0.1) is 3.95 Å². The van der Waals surface area contributed by atoms with E-state index in [-0.39, 0.29) is 11.2 Å². The molecule has 1 amide bonds. The number of benzene rings is 2. The number of carbonyl (C=O) groups is 1. The van der Waals surface area contributed by atoms with E-state index >= 15 is 0 Å². The average molecular weight is 418 g/mol. The quantitative estimate of drug-likeness (QED) is 0.424. The van der Waals surface area contributed by atoms with Gasteiger partial charge in [-0.05, 0) is 62.5 Å². The zero-order valence-electron chi connectivity index (χ0n) is 14.9. The van der Waals surface area contributed by atoms with Crippen molar-refractivity contribution in [1.29, 1.82) is 0 Å². The van der Waals surface area contributed by atoms with Gasteiger partial charge in [-0.15, -0.1) is 5.10 Å². The van der Waals surface area contributed by atoms with Crippen molar-refractivity contribution in [2.75, 3.05) is 11.9 Å². The lowest BCUT2D eigenvalue weighted by atomic mass is 10.3. The van der Waals surface area contributed by atoms with Crippen LogP contribution in [0.25, 0.3) is 5.69 Å². The summed E-state index contributed by atoms with van der Waals surface area (Å²) < 4.78 is 8.55. The highest BCUT2D eigenvalue weighted by Gasteiger charge is 2.17. The molecule has 0 aliphatic heterocycles. The first-order valence-electron chi connectivity index (χ1n) is 8.43. The minimum Gasteiger partial charge on any atom is -0.494 e. The number of rotatable bonds is 7. The molecule has 5 nitrogen and oxygen atoms in total. The van der Waals surface area contributed by atoms with Gasteiger partial charge in [0.15, 0.2) is 8.29 Å². The zero-order valence-corrected chi connectivity index (χ0v) is 17.4. The minimum atomic E-state index is -0.304. The summed E-state index contributed by atoms with van der Waals surface area (Å²) in [5.74, 6) is 0.695. The van der Waals surface area contributed by atoms with Crippen LogP contribution in [-0.4, -0.2) is 27.5 Å². The Morgan fingerprint density at radius 3 is 2.63 bits per heavy atom. The fourth-order valence-electron chi connectivity index (χ4n) is 2.29. The predicted molar refractivity (Wildman–Crippen MR) is 114 cm³/mol. The minimum absolute atomic E-state index is 0.0865. The molecule has 1 aromatic heterocycles. The topological polar surface area (TPSA) is 56.1 Å². The van der Waals surface area contributed by atoms with E-state index in [0.717, 1.165) is 21.5 Å². The van der Waals surface area contributed by atoms with Crippen molar-refractivity contribution < 1.29 is 9.53 Å². The number of nitrogens with one attached hydrogen (secondary N) is 1. The lowest BCUT2D eigenvalue weighted by molar-refractivity contribution is -0.115. The first kappa shape index (κ1) is 19.6. The number of hydrogen-bond donors (Lipinski definition) is 1.